The highest BCUT2D eigenvalue weighted by molar-refractivity contribution is 7.79. The zero-order valence-corrected chi connectivity index (χ0v) is 31.0. The van der Waals surface area contributed by atoms with E-state index in [1.165, 1.54) is 64.6 Å². The summed E-state index contributed by atoms with van der Waals surface area (Å²) in [5.41, 5.74) is 13.7. The van der Waals surface area contributed by atoms with Gasteiger partial charge >= 0.3 is 0 Å². The molecule has 0 saturated heterocycles. The number of rotatable bonds is 11. The number of hydrogen-bond donors (Lipinski definition) is 1. The van der Waals surface area contributed by atoms with Crippen LogP contribution >= 0.6 is 24.2 Å². The summed E-state index contributed by atoms with van der Waals surface area (Å²) < 4.78 is 20.2. The molecule has 0 N–H and O–H groups in total. The highest BCUT2D eigenvalue weighted by Crippen LogP contribution is 2.50. The molecular weight excluding hydrogens is 626 g/mol. The van der Waals surface area contributed by atoms with Gasteiger partial charge in [-0.25, -0.2) is 8.79 Å². The van der Waals surface area contributed by atoms with Gasteiger partial charge in [0.15, 0.2) is 0 Å². The minimum Gasteiger partial charge on any atom is -0.219 e. The van der Waals surface area contributed by atoms with Gasteiger partial charge < -0.3 is 0 Å². The lowest BCUT2D eigenvalue weighted by Gasteiger charge is -2.25. The summed E-state index contributed by atoms with van der Waals surface area (Å²) >= 11 is 6.15. The van der Waals surface area contributed by atoms with Crippen LogP contribution in [0.3, 0.4) is 0 Å². The average Bonchev–Trinajstić information content (AvgIpc) is 3.68. The van der Waals surface area contributed by atoms with Gasteiger partial charge in [-0.2, -0.15) is 0 Å². The molecule has 3 aromatic carbocycles. The smallest absolute Gasteiger partial charge is 0.132 e. The van der Waals surface area contributed by atoms with Crippen LogP contribution in [-0.4, -0.2) is 5.71 Å². The number of allylic oxidation sites excluding steroid dienone is 6. The summed E-state index contributed by atoms with van der Waals surface area (Å²) in [6.07, 6.45) is 12.3. The Balaban J connectivity index is 1.31. The molecule has 1 atom stereocenters. The SMILES string of the molecule is CCCCC(CC)CCc1ccc(-c2ccc(C3=CC=C(c4ccc5c(c4)C(C)(C)c4ccccc4-5)/C(=C(/C)CC)C3=NS)s2)c(F)c1. The first-order valence-electron chi connectivity index (χ1n) is 17.7. The molecule has 1 nitrogen and oxygen atoms in total. The van der Waals surface area contributed by atoms with Crippen molar-refractivity contribution in [3.05, 3.63) is 129 Å². The lowest BCUT2D eigenvalue weighted by atomic mass is 9.79. The maximum Gasteiger partial charge on any atom is 0.132 e. The first kappa shape index (κ1) is 34.4. The first-order chi connectivity index (χ1) is 23.2. The number of aryl methyl sites for hydroxylation is 1. The Hall–Kier alpha value is -3.47. The Bertz CT molecular complexity index is 1950. The molecule has 0 fully saturated rings. The second kappa shape index (κ2) is 14.6. The third kappa shape index (κ3) is 6.46. The molecule has 4 aromatic rings. The molecule has 1 heterocycles. The number of halogens is 1. The van der Waals surface area contributed by atoms with E-state index in [2.05, 4.69) is 126 Å². The lowest BCUT2D eigenvalue weighted by Crippen LogP contribution is -2.16. The van der Waals surface area contributed by atoms with Crippen molar-refractivity contribution in [3.63, 3.8) is 0 Å². The largest absolute Gasteiger partial charge is 0.219 e. The normalized spacial score (nSPS) is 17.5. The summed E-state index contributed by atoms with van der Waals surface area (Å²) in [6, 6.07) is 25.7. The van der Waals surface area contributed by atoms with Crippen LogP contribution in [0.1, 0.15) is 107 Å². The van der Waals surface area contributed by atoms with Crippen LogP contribution in [0, 0.1) is 11.7 Å². The fraction of sp³-hybridized carbons (Fsp3) is 0.341. The summed E-state index contributed by atoms with van der Waals surface area (Å²) in [4.78, 5) is 1.99. The van der Waals surface area contributed by atoms with E-state index in [9.17, 15) is 0 Å². The van der Waals surface area contributed by atoms with Gasteiger partial charge in [-0.15, -0.1) is 11.3 Å². The number of thiophene rings is 1. The fourth-order valence-electron chi connectivity index (χ4n) is 7.57. The summed E-state index contributed by atoms with van der Waals surface area (Å²) in [5.74, 6) is 0.574. The lowest BCUT2D eigenvalue weighted by molar-refractivity contribution is 0.421. The van der Waals surface area contributed by atoms with Crippen molar-refractivity contribution in [2.75, 3.05) is 0 Å². The van der Waals surface area contributed by atoms with Crippen LogP contribution in [0.5, 0.6) is 0 Å². The van der Waals surface area contributed by atoms with Gasteiger partial charge in [0.1, 0.15) is 5.82 Å². The minimum atomic E-state index is -0.144. The van der Waals surface area contributed by atoms with E-state index in [0.29, 0.717) is 5.56 Å². The third-order valence-corrected chi connectivity index (χ3v) is 12.0. The van der Waals surface area contributed by atoms with E-state index >= 15 is 4.39 Å². The van der Waals surface area contributed by atoms with E-state index in [-0.39, 0.29) is 11.2 Å². The van der Waals surface area contributed by atoms with Crippen LogP contribution in [0.4, 0.5) is 4.39 Å². The molecule has 0 spiro atoms. The molecule has 1 aromatic heterocycles. The zero-order chi connectivity index (χ0) is 34.0. The van der Waals surface area contributed by atoms with Crippen molar-refractivity contribution in [1.29, 1.82) is 0 Å². The molecule has 1 unspecified atom stereocenters. The van der Waals surface area contributed by atoms with Crippen LogP contribution in [0.2, 0.25) is 0 Å². The summed E-state index contributed by atoms with van der Waals surface area (Å²) in [7, 11) is 0. The Morgan fingerprint density at radius 3 is 2.29 bits per heavy atom. The van der Waals surface area contributed by atoms with E-state index in [1.807, 2.05) is 12.1 Å². The van der Waals surface area contributed by atoms with Gasteiger partial charge in [-0.3, -0.25) is 0 Å². The average molecular weight is 674 g/mol. The molecule has 0 amide bonds. The predicted molar refractivity (Wildman–Crippen MR) is 211 cm³/mol. The second-order valence-electron chi connectivity index (χ2n) is 14.0. The van der Waals surface area contributed by atoms with Crippen molar-refractivity contribution in [2.24, 2.45) is 10.3 Å². The Morgan fingerprint density at radius 1 is 0.833 bits per heavy atom. The molecule has 0 radical (unpaired) electrons. The predicted octanol–water partition coefficient (Wildman–Crippen LogP) is 13.5. The van der Waals surface area contributed by atoms with Gasteiger partial charge in [-0.05, 0) is 108 Å². The molecule has 6 rings (SSSR count). The van der Waals surface area contributed by atoms with Crippen LogP contribution < -0.4 is 0 Å². The van der Waals surface area contributed by atoms with Crippen molar-refractivity contribution >= 4 is 41.0 Å². The maximum atomic E-state index is 15.6. The summed E-state index contributed by atoms with van der Waals surface area (Å²) in [5, 5.41) is 0. The molecule has 4 heteroatoms. The zero-order valence-electron chi connectivity index (χ0n) is 29.3. The van der Waals surface area contributed by atoms with Crippen molar-refractivity contribution in [2.45, 2.75) is 91.9 Å². The number of hydrogen-bond acceptors (Lipinski definition) is 3. The molecular formula is C44H48FNS2. The molecule has 0 aliphatic heterocycles. The van der Waals surface area contributed by atoms with Gasteiger partial charge in [0.05, 0.1) is 5.71 Å². The number of unbranched alkanes of at least 4 members (excludes halogenated alkanes) is 1. The number of thiol groups is 1. The molecule has 48 heavy (non-hydrogen) atoms. The highest BCUT2D eigenvalue weighted by Gasteiger charge is 2.36. The van der Waals surface area contributed by atoms with Crippen LogP contribution in [-0.2, 0) is 11.8 Å². The Labute approximate surface area is 297 Å². The first-order valence-corrected chi connectivity index (χ1v) is 18.9. The van der Waals surface area contributed by atoms with Crippen molar-refractivity contribution < 1.29 is 4.39 Å². The van der Waals surface area contributed by atoms with Crippen molar-refractivity contribution in [3.8, 4) is 21.6 Å². The topological polar surface area (TPSA) is 12.4 Å². The van der Waals surface area contributed by atoms with Gasteiger partial charge in [0.2, 0.25) is 0 Å². The van der Waals surface area contributed by atoms with E-state index in [4.69, 9.17) is 0 Å². The van der Waals surface area contributed by atoms with Crippen LogP contribution in [0.15, 0.2) is 100 Å². The maximum absolute atomic E-state index is 15.6. The Kier molecular flexibility index (Phi) is 10.4. The molecule has 2 aliphatic carbocycles. The molecule has 248 valence electrons. The van der Waals surface area contributed by atoms with Gasteiger partial charge in [-0.1, -0.05) is 127 Å². The van der Waals surface area contributed by atoms with Crippen molar-refractivity contribution in [1.82, 2.24) is 0 Å². The van der Waals surface area contributed by atoms with E-state index in [0.717, 1.165) is 57.4 Å². The third-order valence-electron chi connectivity index (χ3n) is 10.7. The van der Waals surface area contributed by atoms with Gasteiger partial charge in [0, 0.05) is 31.9 Å². The van der Waals surface area contributed by atoms with Gasteiger partial charge in [0.25, 0.3) is 0 Å². The Morgan fingerprint density at radius 2 is 1.56 bits per heavy atom. The van der Waals surface area contributed by atoms with Crippen LogP contribution in [0.25, 0.3) is 32.7 Å². The number of nitrogens with zero attached hydrogens (tertiary/aromatic N) is 1. The number of fused-ring (bicyclic) bond motifs is 3. The summed E-state index contributed by atoms with van der Waals surface area (Å²) in [6.45, 7) is 13.6. The standard InChI is InChI=1S/C44H48FNS2/c1-7-10-13-29(9-3)16-17-30-18-20-35(39(45)26-30)40-24-25-41(48-40)36-23-22-32(42(28(4)8-2)43(36)46-47)31-19-21-34-33-14-11-12-15-37(33)44(5,6)38(34)27-31/h11-12,14-15,18-27,29,47H,7-10,13,16-17H2,1-6H3/b42-28+,46-43?. The molecule has 0 saturated carbocycles. The van der Waals surface area contributed by atoms with E-state index in [1.54, 1.807) is 17.4 Å². The monoisotopic (exact) mass is 673 g/mol. The molecule has 0 bridgehead atoms. The minimum absolute atomic E-state index is 0.0737. The highest BCUT2D eigenvalue weighted by atomic mass is 32.1. The van der Waals surface area contributed by atoms with E-state index < -0.39 is 0 Å². The second-order valence-corrected chi connectivity index (χ2v) is 15.3. The fourth-order valence-corrected chi connectivity index (χ4v) is 8.84. The molecule has 2 aliphatic rings. The number of benzene rings is 3. The quantitative estimate of drug-likeness (QED) is 0.152.